The molecule has 0 aromatic rings. The number of aliphatic carboxylic acids is 1. The van der Waals surface area contributed by atoms with E-state index < -0.39 is 102 Å². The van der Waals surface area contributed by atoms with Gasteiger partial charge in [0.1, 0.15) is 36.3 Å². The van der Waals surface area contributed by atoms with Gasteiger partial charge in [0.15, 0.2) is 0 Å². The molecule has 0 aromatic heterocycles. The van der Waals surface area contributed by atoms with Crippen LogP contribution in [0.25, 0.3) is 0 Å². The minimum Gasteiger partial charge on any atom is -0.480 e. The quantitative estimate of drug-likeness (QED) is 0.0386. The molecule has 54 heavy (non-hydrogen) atoms. The number of carbonyl (C=O) groups excluding carboxylic acids is 6. The number of hydrogen-bond acceptors (Lipinski definition) is 13. The number of carbonyl (C=O) groups is 7. The third-order valence-corrected chi connectivity index (χ3v) is 9.70. The van der Waals surface area contributed by atoms with Crippen LogP contribution >= 0.6 is 11.8 Å². The number of nitrogens with two attached hydrogens (primary N) is 3. The summed E-state index contributed by atoms with van der Waals surface area (Å²) in [6.07, 6.45) is 4.04. The summed E-state index contributed by atoms with van der Waals surface area (Å²) in [7, 11) is 0. The van der Waals surface area contributed by atoms with Gasteiger partial charge in [-0.3, -0.25) is 28.8 Å². The SMILES string of the molecule is CSCC[C@H](NC(=O)[C@@H](N)CCCCN)C(=O)N1CCC[C@H]1C(=O)N[C@H](C(=O)N[C@@H](CO)C(=O)N[C@@H](CCCCN)C(=O)N[C@H](C(=O)O)C(C)C)[C@@H](C)O. The van der Waals surface area contributed by atoms with Crippen LogP contribution in [0.2, 0.25) is 0 Å². The Labute approximate surface area is 321 Å². The highest BCUT2D eigenvalue weighted by molar-refractivity contribution is 7.98. The Bertz CT molecular complexity index is 1240. The van der Waals surface area contributed by atoms with Gasteiger partial charge in [-0.1, -0.05) is 20.3 Å². The molecule has 0 aromatic carbocycles. The number of hydrogen-bond donors (Lipinski definition) is 11. The monoisotopic (exact) mass is 789 g/mol. The molecule has 1 aliphatic rings. The number of amides is 6. The van der Waals surface area contributed by atoms with Crippen LogP contribution in [-0.4, -0.2) is 148 Å². The summed E-state index contributed by atoms with van der Waals surface area (Å²) in [6, 6.07) is -8.57. The molecule has 14 N–H and O–H groups in total. The molecule has 1 heterocycles. The van der Waals surface area contributed by atoms with E-state index in [2.05, 4.69) is 26.6 Å². The van der Waals surface area contributed by atoms with Crippen molar-refractivity contribution in [3.05, 3.63) is 0 Å². The van der Waals surface area contributed by atoms with Crippen molar-refractivity contribution in [3.8, 4) is 0 Å². The number of nitrogens with one attached hydrogen (secondary N) is 5. The van der Waals surface area contributed by atoms with Gasteiger partial charge in [-0.2, -0.15) is 11.8 Å². The Morgan fingerprint density at radius 2 is 1.33 bits per heavy atom. The number of likely N-dealkylation sites (tertiary alicyclic amines) is 1. The highest BCUT2D eigenvalue weighted by Gasteiger charge is 2.40. The van der Waals surface area contributed by atoms with Crippen molar-refractivity contribution in [3.63, 3.8) is 0 Å². The van der Waals surface area contributed by atoms with Gasteiger partial charge < -0.3 is 64.0 Å². The lowest BCUT2D eigenvalue weighted by Crippen LogP contribution is -2.62. The Morgan fingerprint density at radius 1 is 0.759 bits per heavy atom. The van der Waals surface area contributed by atoms with E-state index in [4.69, 9.17) is 17.2 Å². The third kappa shape index (κ3) is 16.0. The summed E-state index contributed by atoms with van der Waals surface area (Å²) < 4.78 is 0. The summed E-state index contributed by atoms with van der Waals surface area (Å²) in [5.74, 6) is -5.74. The Balaban J connectivity index is 3.09. The summed E-state index contributed by atoms with van der Waals surface area (Å²) in [5, 5.41) is 42.4. The van der Waals surface area contributed by atoms with E-state index in [9.17, 15) is 48.9 Å². The standard InChI is InChI=1S/C34H63N9O10S/c1-19(2)26(34(52)53)41-29(47)22(11-6-8-15-36)38-30(48)24(18-44)40-32(50)27(20(3)45)42-31(49)25-12-9-16-43(25)33(51)23(13-17-54-4)39-28(46)21(37)10-5-7-14-35/h19-27,44-45H,5-18,35-37H2,1-4H3,(H,38,48)(H,39,46)(H,40,50)(H,41,47)(H,42,49)(H,52,53)/t20-,21+,22+,23+,24+,25+,26+,27+/m1/s1. The zero-order chi connectivity index (χ0) is 41.0. The molecule has 20 heteroatoms. The van der Waals surface area contributed by atoms with Crippen molar-refractivity contribution < 1.29 is 48.9 Å². The summed E-state index contributed by atoms with van der Waals surface area (Å²) >= 11 is 1.47. The average Bonchev–Trinajstić information content (AvgIpc) is 3.62. The highest BCUT2D eigenvalue weighted by atomic mass is 32.2. The summed E-state index contributed by atoms with van der Waals surface area (Å²) in [5.41, 5.74) is 17.1. The van der Waals surface area contributed by atoms with Gasteiger partial charge >= 0.3 is 5.97 Å². The zero-order valence-corrected chi connectivity index (χ0v) is 32.7. The predicted molar refractivity (Wildman–Crippen MR) is 202 cm³/mol. The molecule has 1 saturated heterocycles. The predicted octanol–water partition coefficient (Wildman–Crippen LogP) is -3.15. The van der Waals surface area contributed by atoms with Gasteiger partial charge in [0.2, 0.25) is 35.4 Å². The molecule has 0 saturated carbocycles. The van der Waals surface area contributed by atoms with Gasteiger partial charge in [0, 0.05) is 6.54 Å². The van der Waals surface area contributed by atoms with Gasteiger partial charge in [-0.25, -0.2) is 4.79 Å². The number of aliphatic hydroxyl groups excluding tert-OH is 2. The number of carboxylic acids is 1. The van der Waals surface area contributed by atoms with Crippen LogP contribution in [-0.2, 0) is 33.6 Å². The fourth-order valence-electron chi connectivity index (χ4n) is 5.83. The van der Waals surface area contributed by atoms with E-state index in [1.165, 1.54) is 23.6 Å². The molecule has 0 unspecified atom stereocenters. The summed E-state index contributed by atoms with van der Waals surface area (Å²) in [4.78, 5) is 92.8. The van der Waals surface area contributed by atoms with E-state index >= 15 is 0 Å². The number of unbranched alkanes of at least 4 members (excludes halogenated alkanes) is 2. The van der Waals surface area contributed by atoms with Gasteiger partial charge in [-0.05, 0) is 89.3 Å². The van der Waals surface area contributed by atoms with Crippen LogP contribution in [0.15, 0.2) is 0 Å². The van der Waals surface area contributed by atoms with E-state index in [0.717, 1.165) is 0 Å². The average molecular weight is 790 g/mol. The Kier molecular flexibility index (Phi) is 22.9. The van der Waals surface area contributed by atoms with E-state index in [1.807, 2.05) is 6.26 Å². The second-order valence-electron chi connectivity index (χ2n) is 13.8. The molecule has 19 nitrogen and oxygen atoms in total. The lowest BCUT2D eigenvalue weighted by Gasteiger charge is -2.31. The summed E-state index contributed by atoms with van der Waals surface area (Å²) in [6.45, 7) is 4.48. The number of thioether (sulfide) groups is 1. The first-order chi connectivity index (χ1) is 25.5. The maximum atomic E-state index is 13.7. The third-order valence-electron chi connectivity index (χ3n) is 9.06. The second kappa shape index (κ2) is 25.5. The first-order valence-corrected chi connectivity index (χ1v) is 19.9. The molecule has 0 radical (unpaired) electrons. The fraction of sp³-hybridized carbons (Fsp3) is 0.794. The molecule has 8 atom stereocenters. The molecule has 0 bridgehead atoms. The minimum absolute atomic E-state index is 0.0810. The fourth-order valence-corrected chi connectivity index (χ4v) is 6.30. The number of nitrogens with zero attached hydrogens (tertiary/aromatic N) is 1. The molecule has 1 rings (SSSR count). The van der Waals surface area contributed by atoms with Crippen molar-refractivity contribution >= 4 is 53.2 Å². The van der Waals surface area contributed by atoms with Crippen molar-refractivity contribution in [2.24, 2.45) is 23.1 Å². The van der Waals surface area contributed by atoms with Crippen LogP contribution in [0.4, 0.5) is 0 Å². The Hall–Kier alpha value is -3.56. The second-order valence-corrected chi connectivity index (χ2v) is 14.8. The lowest BCUT2D eigenvalue weighted by molar-refractivity contribution is -0.144. The molecule has 310 valence electrons. The zero-order valence-electron chi connectivity index (χ0n) is 31.9. The van der Waals surface area contributed by atoms with E-state index in [-0.39, 0.29) is 25.8 Å². The van der Waals surface area contributed by atoms with Crippen LogP contribution in [0.1, 0.15) is 78.6 Å². The first kappa shape index (κ1) is 48.5. The molecule has 0 aliphatic carbocycles. The highest BCUT2D eigenvalue weighted by Crippen LogP contribution is 2.20. The van der Waals surface area contributed by atoms with Crippen molar-refractivity contribution in [1.82, 2.24) is 31.5 Å². The smallest absolute Gasteiger partial charge is 0.326 e. The normalized spacial score (nSPS) is 18.0. The molecular weight excluding hydrogens is 726 g/mol. The van der Waals surface area contributed by atoms with Crippen LogP contribution in [0, 0.1) is 5.92 Å². The van der Waals surface area contributed by atoms with Crippen molar-refractivity contribution in [2.45, 2.75) is 127 Å². The van der Waals surface area contributed by atoms with Crippen LogP contribution < -0.4 is 43.8 Å². The van der Waals surface area contributed by atoms with Crippen LogP contribution in [0.3, 0.4) is 0 Å². The maximum Gasteiger partial charge on any atom is 0.326 e. The number of rotatable bonds is 26. The van der Waals surface area contributed by atoms with E-state index in [1.54, 1.807) is 13.8 Å². The Morgan fingerprint density at radius 3 is 1.87 bits per heavy atom. The molecular formula is C34H63N9O10S. The van der Waals surface area contributed by atoms with Gasteiger partial charge in [-0.15, -0.1) is 0 Å². The molecule has 6 amide bonds. The largest absolute Gasteiger partial charge is 0.480 e. The van der Waals surface area contributed by atoms with Crippen molar-refractivity contribution in [1.29, 1.82) is 0 Å². The van der Waals surface area contributed by atoms with Crippen LogP contribution in [0.5, 0.6) is 0 Å². The molecule has 1 aliphatic heterocycles. The number of carboxylic acid groups (broad SMARTS) is 1. The first-order valence-electron chi connectivity index (χ1n) is 18.5. The molecule has 0 spiro atoms. The topological polar surface area (TPSA) is 322 Å². The van der Waals surface area contributed by atoms with Gasteiger partial charge in [0.25, 0.3) is 0 Å². The van der Waals surface area contributed by atoms with Crippen molar-refractivity contribution in [2.75, 3.05) is 38.2 Å². The molecule has 1 fully saturated rings. The lowest BCUT2D eigenvalue weighted by atomic mass is 10.0. The van der Waals surface area contributed by atoms with E-state index in [0.29, 0.717) is 57.4 Å². The maximum absolute atomic E-state index is 13.7. The minimum atomic E-state index is -1.63. The number of aliphatic hydroxyl groups is 2. The van der Waals surface area contributed by atoms with Gasteiger partial charge in [0.05, 0.1) is 18.8 Å².